The van der Waals surface area contributed by atoms with Gasteiger partial charge < -0.3 is 24.2 Å². The first-order valence-corrected chi connectivity index (χ1v) is 10.0. The van der Waals surface area contributed by atoms with Crippen molar-refractivity contribution >= 4 is 17.5 Å². The van der Waals surface area contributed by atoms with E-state index in [1.807, 2.05) is 23.1 Å². The summed E-state index contributed by atoms with van der Waals surface area (Å²) in [5.41, 5.74) is 0.523. The van der Waals surface area contributed by atoms with Crippen LogP contribution in [-0.4, -0.2) is 74.5 Å². The number of carbonyl (C=O) groups excluding carboxylic acids is 1. The molecule has 0 bridgehead atoms. The van der Waals surface area contributed by atoms with Crippen molar-refractivity contribution in [2.45, 2.75) is 12.8 Å². The first-order valence-electron chi connectivity index (χ1n) is 10.0. The molecule has 2 aliphatic heterocycles. The predicted molar refractivity (Wildman–Crippen MR) is 111 cm³/mol. The molecule has 4 rings (SSSR count). The Kier molecular flexibility index (Phi) is 5.69. The number of piperazine rings is 1. The summed E-state index contributed by atoms with van der Waals surface area (Å²) in [6.07, 6.45) is 2.44. The number of methoxy groups -OCH3 is 2. The van der Waals surface area contributed by atoms with E-state index in [1.165, 1.54) is 12.8 Å². The molecule has 2 aliphatic rings. The van der Waals surface area contributed by atoms with Crippen molar-refractivity contribution < 1.29 is 14.3 Å². The quantitative estimate of drug-likeness (QED) is 0.765. The zero-order valence-electron chi connectivity index (χ0n) is 17.0. The summed E-state index contributed by atoms with van der Waals surface area (Å²) in [5, 5.41) is 8.82. The molecule has 0 saturated carbocycles. The van der Waals surface area contributed by atoms with Crippen molar-refractivity contribution in [2.24, 2.45) is 0 Å². The van der Waals surface area contributed by atoms with Crippen LogP contribution in [0.15, 0.2) is 30.3 Å². The van der Waals surface area contributed by atoms with Crippen LogP contribution in [0.25, 0.3) is 0 Å². The van der Waals surface area contributed by atoms with Gasteiger partial charge in [-0.15, -0.1) is 10.2 Å². The Labute approximate surface area is 171 Å². The number of hydrogen-bond acceptors (Lipinski definition) is 7. The third-order valence-corrected chi connectivity index (χ3v) is 5.59. The fourth-order valence-corrected chi connectivity index (χ4v) is 3.97. The number of hydrogen-bond donors (Lipinski definition) is 0. The first-order chi connectivity index (χ1) is 14.2. The second-order valence-corrected chi connectivity index (χ2v) is 7.26. The minimum Gasteiger partial charge on any atom is -0.493 e. The van der Waals surface area contributed by atoms with Crippen LogP contribution in [0.2, 0.25) is 0 Å². The van der Waals surface area contributed by atoms with Crippen molar-refractivity contribution in [3.8, 4) is 11.5 Å². The normalized spacial score (nSPS) is 16.8. The number of aromatic nitrogens is 2. The van der Waals surface area contributed by atoms with E-state index in [9.17, 15) is 4.79 Å². The Hall–Kier alpha value is -3.03. The highest BCUT2D eigenvalue weighted by atomic mass is 16.5. The van der Waals surface area contributed by atoms with Crippen molar-refractivity contribution in [1.29, 1.82) is 0 Å². The van der Waals surface area contributed by atoms with E-state index in [-0.39, 0.29) is 5.91 Å². The average molecular weight is 397 g/mol. The number of amides is 1. The van der Waals surface area contributed by atoms with Crippen molar-refractivity contribution in [1.82, 2.24) is 15.1 Å². The van der Waals surface area contributed by atoms with Gasteiger partial charge in [0.15, 0.2) is 23.1 Å². The molecule has 3 heterocycles. The number of benzene rings is 1. The molecule has 8 nitrogen and oxygen atoms in total. The Morgan fingerprint density at radius 3 is 2.00 bits per heavy atom. The van der Waals surface area contributed by atoms with E-state index < -0.39 is 0 Å². The van der Waals surface area contributed by atoms with Gasteiger partial charge in [-0.25, -0.2) is 0 Å². The van der Waals surface area contributed by atoms with Gasteiger partial charge >= 0.3 is 0 Å². The lowest BCUT2D eigenvalue weighted by atomic mass is 10.1. The monoisotopic (exact) mass is 397 g/mol. The van der Waals surface area contributed by atoms with Crippen molar-refractivity contribution in [2.75, 3.05) is 63.3 Å². The van der Waals surface area contributed by atoms with Crippen molar-refractivity contribution in [3.05, 3.63) is 35.9 Å². The van der Waals surface area contributed by atoms with Crippen LogP contribution in [-0.2, 0) is 0 Å². The fourth-order valence-electron chi connectivity index (χ4n) is 3.97. The molecule has 0 radical (unpaired) electrons. The topological polar surface area (TPSA) is 71.0 Å². The highest BCUT2D eigenvalue weighted by Gasteiger charge is 2.26. The molecule has 0 aliphatic carbocycles. The maximum absolute atomic E-state index is 13.0. The highest BCUT2D eigenvalue weighted by molar-refractivity contribution is 5.98. The summed E-state index contributed by atoms with van der Waals surface area (Å²) in [7, 11) is 3.12. The first kappa shape index (κ1) is 19.3. The van der Waals surface area contributed by atoms with Crippen LogP contribution in [0, 0.1) is 0 Å². The number of carbonyl (C=O) groups is 1. The van der Waals surface area contributed by atoms with Crippen LogP contribution in [0.1, 0.15) is 23.2 Å². The summed E-state index contributed by atoms with van der Waals surface area (Å²) >= 11 is 0. The van der Waals surface area contributed by atoms with E-state index in [0.717, 1.165) is 37.8 Å². The van der Waals surface area contributed by atoms with Crippen LogP contribution in [0.4, 0.5) is 11.6 Å². The minimum atomic E-state index is -0.0455. The second-order valence-electron chi connectivity index (χ2n) is 7.26. The Morgan fingerprint density at radius 1 is 0.828 bits per heavy atom. The standard InChI is InChI=1S/C21H27N5O3/c1-28-17-7-5-6-16(20(17)29-2)21(27)26-14-12-25(13-15-26)19-9-8-18(22-23-19)24-10-3-4-11-24/h5-9H,3-4,10-15H2,1-2H3. The van der Waals surface area contributed by atoms with Gasteiger partial charge in [0.05, 0.1) is 19.8 Å². The fraction of sp³-hybridized carbons (Fsp3) is 0.476. The summed E-state index contributed by atoms with van der Waals surface area (Å²) in [6, 6.07) is 9.45. The lowest BCUT2D eigenvalue weighted by Crippen LogP contribution is -2.49. The molecule has 0 spiro atoms. The van der Waals surface area contributed by atoms with E-state index in [0.29, 0.717) is 30.2 Å². The zero-order valence-corrected chi connectivity index (χ0v) is 17.0. The SMILES string of the molecule is COc1cccc(C(=O)N2CCN(c3ccc(N4CCCC4)nn3)CC2)c1OC. The third-order valence-electron chi connectivity index (χ3n) is 5.59. The number of anilines is 2. The largest absolute Gasteiger partial charge is 0.493 e. The minimum absolute atomic E-state index is 0.0455. The lowest BCUT2D eigenvalue weighted by molar-refractivity contribution is 0.0742. The molecule has 0 atom stereocenters. The van der Waals surface area contributed by atoms with E-state index in [4.69, 9.17) is 9.47 Å². The molecule has 1 aromatic carbocycles. The Bertz CT molecular complexity index is 844. The number of para-hydroxylation sites is 1. The lowest BCUT2D eigenvalue weighted by Gasteiger charge is -2.35. The summed E-state index contributed by atoms with van der Waals surface area (Å²) in [4.78, 5) is 19.3. The van der Waals surface area contributed by atoms with Gasteiger partial charge in [0.2, 0.25) is 0 Å². The van der Waals surface area contributed by atoms with Gasteiger partial charge in [0, 0.05) is 39.3 Å². The highest BCUT2D eigenvalue weighted by Crippen LogP contribution is 2.31. The zero-order chi connectivity index (χ0) is 20.2. The molecular formula is C21H27N5O3. The van der Waals surface area contributed by atoms with Gasteiger partial charge in [-0.3, -0.25) is 4.79 Å². The summed E-state index contributed by atoms with van der Waals surface area (Å²) < 4.78 is 10.7. The summed E-state index contributed by atoms with van der Waals surface area (Å²) in [6.45, 7) is 4.79. The molecule has 1 aromatic heterocycles. The molecular weight excluding hydrogens is 370 g/mol. The molecule has 1 amide bonds. The molecule has 0 N–H and O–H groups in total. The molecule has 0 unspecified atom stereocenters. The molecule has 154 valence electrons. The smallest absolute Gasteiger partial charge is 0.257 e. The van der Waals surface area contributed by atoms with Gasteiger partial charge in [-0.1, -0.05) is 6.07 Å². The van der Waals surface area contributed by atoms with Crippen molar-refractivity contribution in [3.63, 3.8) is 0 Å². The third kappa shape index (κ3) is 3.92. The Balaban J connectivity index is 1.40. The van der Waals surface area contributed by atoms with E-state index >= 15 is 0 Å². The number of rotatable bonds is 5. The van der Waals surface area contributed by atoms with Gasteiger partial charge in [-0.2, -0.15) is 0 Å². The van der Waals surface area contributed by atoms with Crippen LogP contribution in [0.5, 0.6) is 11.5 Å². The molecule has 2 aromatic rings. The molecule has 2 fully saturated rings. The molecule has 8 heteroatoms. The molecule has 29 heavy (non-hydrogen) atoms. The van der Waals surface area contributed by atoms with Crippen LogP contribution < -0.4 is 19.3 Å². The van der Waals surface area contributed by atoms with Crippen LogP contribution in [0.3, 0.4) is 0 Å². The maximum atomic E-state index is 13.0. The van der Waals surface area contributed by atoms with E-state index in [1.54, 1.807) is 26.4 Å². The van der Waals surface area contributed by atoms with Gasteiger partial charge in [0.1, 0.15) is 0 Å². The number of nitrogens with zero attached hydrogens (tertiary/aromatic N) is 5. The maximum Gasteiger partial charge on any atom is 0.257 e. The van der Waals surface area contributed by atoms with Gasteiger partial charge in [0.25, 0.3) is 5.91 Å². The van der Waals surface area contributed by atoms with Crippen LogP contribution >= 0.6 is 0 Å². The average Bonchev–Trinajstić information content (AvgIpc) is 3.33. The number of ether oxygens (including phenoxy) is 2. The predicted octanol–water partition coefficient (Wildman–Crippen LogP) is 2.06. The molecule has 2 saturated heterocycles. The Morgan fingerprint density at radius 2 is 1.45 bits per heavy atom. The van der Waals surface area contributed by atoms with Gasteiger partial charge in [-0.05, 0) is 37.1 Å². The second kappa shape index (κ2) is 8.55. The summed E-state index contributed by atoms with van der Waals surface area (Å²) in [5.74, 6) is 2.80. The van der Waals surface area contributed by atoms with E-state index in [2.05, 4.69) is 20.0 Å².